The highest BCUT2D eigenvalue weighted by molar-refractivity contribution is 6.59. The second-order valence-corrected chi connectivity index (χ2v) is 10.2. The van der Waals surface area contributed by atoms with Gasteiger partial charge in [0.1, 0.15) is 5.75 Å². The monoisotopic (exact) mass is 491 g/mol. The molecule has 0 aliphatic heterocycles. The molecule has 6 heteroatoms. The molecule has 0 atom stereocenters. The Morgan fingerprint density at radius 3 is 1.84 bits per heavy atom. The molecule has 0 heterocycles. The van der Waals surface area contributed by atoms with Crippen LogP contribution < -0.4 is 10.1 Å². The van der Waals surface area contributed by atoms with E-state index >= 15 is 0 Å². The van der Waals surface area contributed by atoms with Crippen molar-refractivity contribution in [2.24, 2.45) is 0 Å². The van der Waals surface area contributed by atoms with E-state index in [1.54, 1.807) is 6.07 Å². The maximum Gasteiger partial charge on any atom is 0.569 e. The lowest BCUT2D eigenvalue weighted by Gasteiger charge is -2.31. The van der Waals surface area contributed by atoms with Crippen LogP contribution in [0.3, 0.4) is 0 Å². The average molecular weight is 491 g/mol. The van der Waals surface area contributed by atoms with Crippen LogP contribution in [0.5, 0.6) is 5.75 Å². The SMILES string of the molecule is O[B]Oc1c2c(cc3c1-c1ccccc1C31c3ccccc3-c3ccccc31)-c1cccc(B(O)O)c1C2. The largest absolute Gasteiger partial charge is 0.569 e. The van der Waals surface area contributed by atoms with Gasteiger partial charge in [-0.25, -0.2) is 0 Å². The molecule has 0 saturated heterocycles. The quantitative estimate of drug-likeness (QED) is 0.325. The van der Waals surface area contributed by atoms with E-state index < -0.39 is 12.5 Å². The Labute approximate surface area is 221 Å². The lowest BCUT2D eigenvalue weighted by Crippen LogP contribution is -2.32. The fraction of sp³-hybridized carbons (Fsp3) is 0.0625. The van der Waals surface area contributed by atoms with E-state index in [0.717, 1.165) is 46.6 Å². The van der Waals surface area contributed by atoms with Gasteiger partial charge in [-0.2, -0.15) is 0 Å². The first-order chi connectivity index (χ1) is 18.7. The molecule has 0 bridgehead atoms. The summed E-state index contributed by atoms with van der Waals surface area (Å²) < 4.78 is 5.96. The molecule has 179 valence electrons. The molecule has 0 unspecified atom stereocenters. The predicted molar refractivity (Wildman–Crippen MR) is 149 cm³/mol. The first-order valence-electron chi connectivity index (χ1n) is 12.8. The van der Waals surface area contributed by atoms with Gasteiger partial charge in [-0.3, -0.25) is 0 Å². The fourth-order valence-electron chi connectivity index (χ4n) is 7.32. The molecule has 0 fully saturated rings. The highest BCUT2D eigenvalue weighted by atomic mass is 16.5. The Balaban J connectivity index is 1.54. The zero-order chi connectivity index (χ0) is 25.6. The van der Waals surface area contributed by atoms with Gasteiger partial charge < -0.3 is 19.7 Å². The lowest BCUT2D eigenvalue weighted by atomic mass is 9.70. The van der Waals surface area contributed by atoms with Gasteiger partial charge in [0.25, 0.3) is 0 Å². The van der Waals surface area contributed by atoms with Crippen molar-refractivity contribution in [2.45, 2.75) is 11.8 Å². The third-order valence-corrected chi connectivity index (χ3v) is 8.65. The summed E-state index contributed by atoms with van der Waals surface area (Å²) in [5.74, 6) is 0.612. The van der Waals surface area contributed by atoms with Crippen molar-refractivity contribution < 1.29 is 19.7 Å². The van der Waals surface area contributed by atoms with Crippen LogP contribution >= 0.6 is 0 Å². The highest BCUT2D eigenvalue weighted by Gasteiger charge is 2.53. The molecule has 8 rings (SSSR count). The predicted octanol–water partition coefficient (Wildman–Crippen LogP) is 4.19. The Morgan fingerprint density at radius 2 is 1.21 bits per heavy atom. The van der Waals surface area contributed by atoms with Gasteiger partial charge in [0.15, 0.2) is 0 Å². The van der Waals surface area contributed by atoms with Gasteiger partial charge in [-0.05, 0) is 67.2 Å². The number of benzene rings is 5. The van der Waals surface area contributed by atoms with Crippen molar-refractivity contribution in [3.8, 4) is 39.1 Å². The highest BCUT2D eigenvalue weighted by Crippen LogP contribution is 2.65. The Hall–Kier alpha value is -4.09. The van der Waals surface area contributed by atoms with E-state index in [2.05, 4.69) is 72.8 Å². The minimum atomic E-state index is -1.57. The molecule has 0 amide bonds. The van der Waals surface area contributed by atoms with Gasteiger partial charge in [-0.1, -0.05) is 91.0 Å². The number of fused-ring (bicyclic) bond motifs is 13. The average Bonchev–Trinajstić information content (AvgIpc) is 3.57. The van der Waals surface area contributed by atoms with Crippen molar-refractivity contribution in [1.82, 2.24) is 0 Å². The van der Waals surface area contributed by atoms with Crippen LogP contribution in [-0.4, -0.2) is 29.9 Å². The smallest absolute Gasteiger partial charge is 0.537 e. The number of hydrogen-bond acceptors (Lipinski definition) is 4. The molecule has 4 nitrogen and oxygen atoms in total. The van der Waals surface area contributed by atoms with Crippen molar-refractivity contribution in [1.29, 1.82) is 0 Å². The molecule has 5 aromatic carbocycles. The van der Waals surface area contributed by atoms with E-state index in [1.165, 1.54) is 27.8 Å². The van der Waals surface area contributed by atoms with Crippen LogP contribution in [-0.2, 0) is 11.8 Å². The van der Waals surface area contributed by atoms with Crippen LogP contribution in [0.2, 0.25) is 0 Å². The van der Waals surface area contributed by atoms with Crippen LogP contribution in [0.15, 0.2) is 97.1 Å². The van der Waals surface area contributed by atoms with Crippen LogP contribution in [0.4, 0.5) is 0 Å². The van der Waals surface area contributed by atoms with Gasteiger partial charge in [0.05, 0.1) is 5.41 Å². The summed E-state index contributed by atoms with van der Waals surface area (Å²) in [6.45, 7) is 0. The third kappa shape index (κ3) is 2.52. The van der Waals surface area contributed by atoms with Gasteiger partial charge >= 0.3 is 14.8 Å². The fourth-order valence-corrected chi connectivity index (χ4v) is 7.32. The van der Waals surface area contributed by atoms with Crippen molar-refractivity contribution in [3.63, 3.8) is 0 Å². The standard InChI is InChI=1S/C32H21B2O4/c35-33-38-31-24-16-23-18(11-7-15-29(23)34(36)37)22(24)17-28-30(31)21-10-3-6-14-27(21)32(28)25-12-4-1-8-19(25)20-9-2-5-13-26(20)32/h1-15,17,35-37H,16H2. The lowest BCUT2D eigenvalue weighted by molar-refractivity contribution is 0.425. The molecular formula is C32H21B2O4. The van der Waals surface area contributed by atoms with E-state index in [4.69, 9.17) is 4.65 Å². The molecule has 3 aliphatic rings. The number of rotatable bonds is 3. The van der Waals surface area contributed by atoms with Crippen LogP contribution in [0.25, 0.3) is 33.4 Å². The van der Waals surface area contributed by atoms with Gasteiger partial charge in [0.2, 0.25) is 0 Å². The first kappa shape index (κ1) is 21.9. The summed E-state index contributed by atoms with van der Waals surface area (Å²) in [6.07, 6.45) is 0.483. The number of hydrogen-bond donors (Lipinski definition) is 3. The molecule has 3 N–H and O–H groups in total. The molecule has 1 spiro atoms. The maximum absolute atomic E-state index is 10.1. The van der Waals surface area contributed by atoms with E-state index in [-0.39, 0.29) is 0 Å². The zero-order valence-electron chi connectivity index (χ0n) is 20.3. The van der Waals surface area contributed by atoms with E-state index in [0.29, 0.717) is 17.6 Å². The van der Waals surface area contributed by atoms with E-state index in [9.17, 15) is 15.1 Å². The van der Waals surface area contributed by atoms with Crippen molar-refractivity contribution in [2.75, 3.05) is 0 Å². The Morgan fingerprint density at radius 1 is 0.632 bits per heavy atom. The molecule has 5 aromatic rings. The molecule has 0 aromatic heterocycles. The second-order valence-electron chi connectivity index (χ2n) is 10.2. The molecule has 1 radical (unpaired) electrons. The van der Waals surface area contributed by atoms with Gasteiger partial charge in [-0.15, -0.1) is 0 Å². The summed E-state index contributed by atoms with van der Waals surface area (Å²) in [7, 11) is -0.814. The minimum absolute atomic E-state index is 0.483. The summed E-state index contributed by atoms with van der Waals surface area (Å²) in [5.41, 5.74) is 12.9. The van der Waals surface area contributed by atoms with Crippen LogP contribution in [0, 0.1) is 0 Å². The Kier molecular flexibility index (Phi) is 4.45. The summed E-state index contributed by atoms with van der Waals surface area (Å²) >= 11 is 0. The van der Waals surface area contributed by atoms with Gasteiger partial charge in [0, 0.05) is 17.5 Å². The topological polar surface area (TPSA) is 69.9 Å². The summed E-state index contributed by atoms with van der Waals surface area (Å²) in [5, 5.41) is 30.1. The molecule has 0 saturated carbocycles. The third-order valence-electron chi connectivity index (χ3n) is 8.65. The molecule has 38 heavy (non-hydrogen) atoms. The zero-order valence-corrected chi connectivity index (χ0v) is 20.3. The van der Waals surface area contributed by atoms with Crippen LogP contribution in [0.1, 0.15) is 33.4 Å². The second kappa shape index (κ2) is 7.71. The van der Waals surface area contributed by atoms with E-state index in [1.807, 2.05) is 18.2 Å². The first-order valence-corrected chi connectivity index (χ1v) is 12.8. The molecule has 3 aliphatic carbocycles. The van der Waals surface area contributed by atoms with Crippen molar-refractivity contribution >= 4 is 20.3 Å². The minimum Gasteiger partial charge on any atom is -0.537 e. The summed E-state index contributed by atoms with van der Waals surface area (Å²) in [6, 6.07) is 33.6. The molecular weight excluding hydrogens is 470 g/mol. The Bertz CT molecular complexity index is 1760. The van der Waals surface area contributed by atoms with Crippen molar-refractivity contribution in [3.05, 3.63) is 130 Å². The normalized spacial score (nSPS) is 14.3. The summed E-state index contributed by atoms with van der Waals surface area (Å²) in [4.78, 5) is 0. The maximum atomic E-state index is 10.1.